The Morgan fingerprint density at radius 3 is 2.82 bits per heavy atom. The summed E-state index contributed by atoms with van der Waals surface area (Å²) < 4.78 is 0. The normalized spacial score (nSPS) is 9.94. The fourth-order valence-electron chi connectivity index (χ4n) is 1.39. The van der Waals surface area contributed by atoms with Crippen LogP contribution in [-0.4, -0.2) is 21.0 Å². The lowest BCUT2D eigenvalue weighted by atomic mass is 10.2. The van der Waals surface area contributed by atoms with Crippen molar-refractivity contribution in [2.75, 3.05) is 5.32 Å². The number of pyridine rings is 2. The van der Waals surface area contributed by atoms with Crippen molar-refractivity contribution in [3.63, 3.8) is 0 Å². The number of hydrogen-bond donors (Lipinski definition) is 2. The minimum atomic E-state index is -0.974. The molecule has 0 radical (unpaired) electrons. The summed E-state index contributed by atoms with van der Waals surface area (Å²) in [7, 11) is 0. The van der Waals surface area contributed by atoms with Crippen molar-refractivity contribution in [1.82, 2.24) is 9.97 Å². The Hall–Kier alpha value is -2.43. The fraction of sp³-hybridized carbons (Fsp3) is 0.0833. The lowest BCUT2D eigenvalue weighted by Crippen LogP contribution is -2.01. The van der Waals surface area contributed by atoms with Crippen LogP contribution in [0.15, 0.2) is 36.7 Å². The van der Waals surface area contributed by atoms with Gasteiger partial charge in [-0.2, -0.15) is 0 Å². The van der Waals surface area contributed by atoms with Gasteiger partial charge in [0.1, 0.15) is 5.82 Å². The van der Waals surface area contributed by atoms with Crippen LogP contribution in [0, 0.1) is 6.92 Å². The van der Waals surface area contributed by atoms with Crippen molar-refractivity contribution in [3.8, 4) is 0 Å². The van der Waals surface area contributed by atoms with E-state index in [2.05, 4.69) is 15.3 Å². The van der Waals surface area contributed by atoms with Crippen molar-refractivity contribution in [3.05, 3.63) is 47.9 Å². The summed E-state index contributed by atoms with van der Waals surface area (Å²) in [5, 5.41) is 11.9. The lowest BCUT2D eigenvalue weighted by molar-refractivity contribution is 0.0697. The predicted molar refractivity (Wildman–Crippen MR) is 63.5 cm³/mol. The number of nitrogens with one attached hydrogen (secondary N) is 1. The minimum Gasteiger partial charge on any atom is -0.478 e. The first-order valence-electron chi connectivity index (χ1n) is 5.05. The zero-order valence-electron chi connectivity index (χ0n) is 9.21. The first-order valence-corrected chi connectivity index (χ1v) is 5.05. The topological polar surface area (TPSA) is 75.1 Å². The number of anilines is 2. The summed E-state index contributed by atoms with van der Waals surface area (Å²) in [6, 6.07) is 6.59. The van der Waals surface area contributed by atoms with Crippen LogP contribution in [0.2, 0.25) is 0 Å². The number of aryl methyl sites for hydroxylation is 1. The molecule has 0 unspecified atom stereocenters. The summed E-state index contributed by atoms with van der Waals surface area (Å²) in [5.74, 6) is -0.487. The Balaban J connectivity index is 2.28. The maximum Gasteiger partial charge on any atom is 0.335 e. The van der Waals surface area contributed by atoms with E-state index < -0.39 is 5.97 Å². The van der Waals surface area contributed by atoms with Gasteiger partial charge in [0.05, 0.1) is 16.9 Å². The Labute approximate surface area is 98.2 Å². The first-order chi connectivity index (χ1) is 8.16. The average molecular weight is 229 g/mol. The van der Waals surface area contributed by atoms with Gasteiger partial charge < -0.3 is 10.4 Å². The summed E-state index contributed by atoms with van der Waals surface area (Å²) in [6.45, 7) is 1.86. The van der Waals surface area contributed by atoms with Crippen molar-refractivity contribution in [2.45, 2.75) is 6.92 Å². The standard InChI is InChI=1S/C12H11N3O2/c1-8-10(3-2-5-13-8)15-11-7-9(12(16)17)4-6-14-11/h2-7H,1H3,(H,14,15)(H,16,17). The van der Waals surface area contributed by atoms with Crippen molar-refractivity contribution in [2.24, 2.45) is 0 Å². The summed E-state index contributed by atoms with van der Waals surface area (Å²) in [5.41, 5.74) is 1.83. The molecule has 2 heterocycles. The van der Waals surface area contributed by atoms with E-state index in [4.69, 9.17) is 5.11 Å². The summed E-state index contributed by atoms with van der Waals surface area (Å²) >= 11 is 0. The van der Waals surface area contributed by atoms with Crippen LogP contribution < -0.4 is 5.32 Å². The molecule has 2 rings (SSSR count). The highest BCUT2D eigenvalue weighted by atomic mass is 16.4. The van der Waals surface area contributed by atoms with E-state index in [9.17, 15) is 4.79 Å². The van der Waals surface area contributed by atoms with E-state index in [1.165, 1.54) is 18.3 Å². The van der Waals surface area contributed by atoms with E-state index in [0.717, 1.165) is 11.4 Å². The Bertz CT molecular complexity index is 555. The Kier molecular flexibility index (Phi) is 3.00. The van der Waals surface area contributed by atoms with Crippen LogP contribution in [0.4, 0.5) is 11.5 Å². The number of hydrogen-bond acceptors (Lipinski definition) is 4. The van der Waals surface area contributed by atoms with Crippen LogP contribution in [0.25, 0.3) is 0 Å². The van der Waals surface area contributed by atoms with Crippen molar-refractivity contribution >= 4 is 17.5 Å². The minimum absolute atomic E-state index is 0.198. The number of carbonyl (C=O) groups is 1. The second kappa shape index (κ2) is 4.61. The molecule has 5 nitrogen and oxygen atoms in total. The van der Waals surface area contributed by atoms with Gasteiger partial charge in [-0.25, -0.2) is 9.78 Å². The molecule has 2 N–H and O–H groups in total. The van der Waals surface area contributed by atoms with Gasteiger partial charge in [-0.3, -0.25) is 4.98 Å². The molecule has 0 atom stereocenters. The summed E-state index contributed by atoms with van der Waals surface area (Å²) in [4.78, 5) is 19.0. The molecule has 17 heavy (non-hydrogen) atoms. The van der Waals surface area contributed by atoms with Crippen LogP contribution >= 0.6 is 0 Å². The molecule has 0 aromatic carbocycles. The number of carboxylic acids is 1. The van der Waals surface area contributed by atoms with Crippen LogP contribution in [0.1, 0.15) is 16.1 Å². The number of rotatable bonds is 3. The van der Waals surface area contributed by atoms with Gasteiger partial charge in [-0.1, -0.05) is 0 Å². The number of carboxylic acid groups (broad SMARTS) is 1. The zero-order valence-corrected chi connectivity index (χ0v) is 9.21. The Morgan fingerprint density at radius 1 is 1.29 bits per heavy atom. The third-order valence-electron chi connectivity index (χ3n) is 2.28. The molecule has 0 aliphatic carbocycles. The molecule has 5 heteroatoms. The largest absolute Gasteiger partial charge is 0.478 e. The van der Waals surface area contributed by atoms with Gasteiger partial charge in [0.25, 0.3) is 0 Å². The number of aromatic carboxylic acids is 1. The second-order valence-corrected chi connectivity index (χ2v) is 3.50. The number of aromatic nitrogens is 2. The monoisotopic (exact) mass is 229 g/mol. The fourth-order valence-corrected chi connectivity index (χ4v) is 1.39. The molecular formula is C12H11N3O2. The molecule has 0 saturated heterocycles. The zero-order chi connectivity index (χ0) is 12.3. The molecule has 2 aromatic rings. The molecule has 2 aromatic heterocycles. The van der Waals surface area contributed by atoms with Gasteiger partial charge in [0.15, 0.2) is 0 Å². The van der Waals surface area contributed by atoms with Gasteiger partial charge in [-0.05, 0) is 31.2 Å². The van der Waals surface area contributed by atoms with E-state index in [-0.39, 0.29) is 5.56 Å². The van der Waals surface area contributed by atoms with Crippen molar-refractivity contribution in [1.29, 1.82) is 0 Å². The van der Waals surface area contributed by atoms with Crippen LogP contribution in [0.3, 0.4) is 0 Å². The maximum atomic E-state index is 10.8. The van der Waals surface area contributed by atoms with Crippen molar-refractivity contribution < 1.29 is 9.90 Å². The maximum absolute atomic E-state index is 10.8. The molecule has 0 bridgehead atoms. The molecule has 0 spiro atoms. The highest BCUT2D eigenvalue weighted by Gasteiger charge is 2.05. The molecule has 0 aliphatic rings. The molecule has 0 fully saturated rings. The van der Waals surface area contributed by atoms with Crippen LogP contribution in [-0.2, 0) is 0 Å². The quantitative estimate of drug-likeness (QED) is 0.844. The van der Waals surface area contributed by atoms with Crippen LogP contribution in [0.5, 0.6) is 0 Å². The third-order valence-corrected chi connectivity index (χ3v) is 2.28. The highest BCUT2D eigenvalue weighted by Crippen LogP contribution is 2.17. The SMILES string of the molecule is Cc1ncccc1Nc1cc(C(=O)O)ccn1. The van der Waals surface area contributed by atoms with Gasteiger partial charge >= 0.3 is 5.97 Å². The molecule has 0 saturated carbocycles. The van der Waals surface area contributed by atoms with E-state index >= 15 is 0 Å². The third kappa shape index (κ3) is 2.57. The van der Waals surface area contributed by atoms with Gasteiger partial charge in [0.2, 0.25) is 0 Å². The molecule has 0 aliphatic heterocycles. The van der Waals surface area contributed by atoms with Gasteiger partial charge in [0, 0.05) is 12.4 Å². The average Bonchev–Trinajstić information content (AvgIpc) is 2.32. The smallest absolute Gasteiger partial charge is 0.335 e. The second-order valence-electron chi connectivity index (χ2n) is 3.50. The lowest BCUT2D eigenvalue weighted by Gasteiger charge is -2.07. The summed E-state index contributed by atoms with van der Waals surface area (Å²) in [6.07, 6.45) is 3.15. The van der Waals surface area contributed by atoms with Gasteiger partial charge in [-0.15, -0.1) is 0 Å². The number of nitrogens with zero attached hydrogens (tertiary/aromatic N) is 2. The predicted octanol–water partition coefficient (Wildman–Crippen LogP) is 2.23. The first kappa shape index (κ1) is 11.1. The van der Waals surface area contributed by atoms with E-state index in [1.54, 1.807) is 12.3 Å². The molecule has 86 valence electrons. The molecule has 0 amide bonds. The Morgan fingerprint density at radius 2 is 2.12 bits per heavy atom. The molecular weight excluding hydrogens is 218 g/mol. The van der Waals surface area contributed by atoms with E-state index in [0.29, 0.717) is 5.82 Å². The van der Waals surface area contributed by atoms with E-state index in [1.807, 2.05) is 13.0 Å². The highest BCUT2D eigenvalue weighted by molar-refractivity contribution is 5.88.